The van der Waals surface area contributed by atoms with Crippen LogP contribution in [0.5, 0.6) is 0 Å². The first-order valence-electron chi connectivity index (χ1n) is 7.26. The average Bonchev–Trinajstić information content (AvgIpc) is 2.47. The lowest BCUT2D eigenvalue weighted by molar-refractivity contribution is -0.122. The zero-order valence-electron chi connectivity index (χ0n) is 12.4. The number of hydrogen-bond acceptors (Lipinski definition) is 3. The Hall–Kier alpha value is -1.39. The van der Waals surface area contributed by atoms with Crippen LogP contribution in [0.15, 0.2) is 24.3 Å². The summed E-state index contributed by atoms with van der Waals surface area (Å²) in [5.74, 6) is 0.120. The normalized spacial score (nSPS) is 18.6. The van der Waals surface area contributed by atoms with E-state index < -0.39 is 0 Å². The van der Waals surface area contributed by atoms with Gasteiger partial charge < -0.3 is 10.1 Å². The van der Waals surface area contributed by atoms with Crippen LogP contribution in [0, 0.1) is 0 Å². The van der Waals surface area contributed by atoms with Crippen molar-refractivity contribution < 1.29 is 9.53 Å². The van der Waals surface area contributed by atoms with Gasteiger partial charge in [0.15, 0.2) is 0 Å². The highest BCUT2D eigenvalue weighted by atomic mass is 16.5. The molecule has 1 aliphatic heterocycles. The molecular formula is C16H24N2O2. The highest BCUT2D eigenvalue weighted by Crippen LogP contribution is 2.30. The fourth-order valence-corrected chi connectivity index (χ4v) is 2.73. The highest BCUT2D eigenvalue weighted by molar-refractivity contribution is 5.76. The number of amides is 1. The third-order valence-electron chi connectivity index (χ3n) is 3.91. The van der Waals surface area contributed by atoms with Crippen LogP contribution in [0.1, 0.15) is 30.0 Å². The molecule has 110 valence electrons. The van der Waals surface area contributed by atoms with Crippen LogP contribution in [0.4, 0.5) is 0 Å². The number of hydrogen-bond donors (Lipinski definition) is 1. The standard InChI is InChI=1S/C16H24N2O2/c1-18-10-8-13-6-3-4-7-14(13)15(18)12-16(19)17-9-5-11-20-2/h3-4,6-7,15H,5,8-12H2,1-2H3,(H,17,19). The fourth-order valence-electron chi connectivity index (χ4n) is 2.73. The maximum atomic E-state index is 12.1. The Morgan fingerprint density at radius 3 is 3.05 bits per heavy atom. The van der Waals surface area contributed by atoms with Crippen LogP contribution in [0.25, 0.3) is 0 Å². The molecule has 4 heteroatoms. The quantitative estimate of drug-likeness (QED) is 0.805. The van der Waals surface area contributed by atoms with Gasteiger partial charge in [0, 0.05) is 39.3 Å². The van der Waals surface area contributed by atoms with E-state index in [1.54, 1.807) is 7.11 Å². The second-order valence-corrected chi connectivity index (χ2v) is 5.35. The van der Waals surface area contributed by atoms with Gasteiger partial charge in [-0.1, -0.05) is 24.3 Å². The lowest BCUT2D eigenvalue weighted by atomic mass is 9.91. The Balaban J connectivity index is 1.93. The van der Waals surface area contributed by atoms with E-state index in [9.17, 15) is 4.79 Å². The Labute approximate surface area is 121 Å². The summed E-state index contributed by atoms with van der Waals surface area (Å²) in [6.07, 6.45) is 2.46. The molecule has 1 aromatic carbocycles. The summed E-state index contributed by atoms with van der Waals surface area (Å²) in [6.45, 7) is 2.38. The van der Waals surface area contributed by atoms with E-state index in [-0.39, 0.29) is 11.9 Å². The smallest absolute Gasteiger partial charge is 0.221 e. The van der Waals surface area contributed by atoms with E-state index in [0.717, 1.165) is 19.4 Å². The minimum absolute atomic E-state index is 0.120. The molecule has 0 aromatic heterocycles. The van der Waals surface area contributed by atoms with Crippen molar-refractivity contribution in [2.45, 2.75) is 25.3 Å². The lowest BCUT2D eigenvalue weighted by Crippen LogP contribution is -2.36. The molecule has 20 heavy (non-hydrogen) atoms. The van der Waals surface area contributed by atoms with E-state index in [0.29, 0.717) is 19.6 Å². The molecule has 0 saturated carbocycles. The molecule has 2 rings (SSSR count). The second kappa shape index (κ2) is 7.41. The van der Waals surface area contributed by atoms with Gasteiger partial charge in [-0.15, -0.1) is 0 Å². The van der Waals surface area contributed by atoms with Crippen molar-refractivity contribution >= 4 is 5.91 Å². The molecule has 1 N–H and O–H groups in total. The van der Waals surface area contributed by atoms with Crippen molar-refractivity contribution in [3.05, 3.63) is 35.4 Å². The number of nitrogens with zero attached hydrogens (tertiary/aromatic N) is 1. The predicted octanol–water partition coefficient (Wildman–Crippen LogP) is 1.76. The molecule has 1 aliphatic rings. The van der Waals surface area contributed by atoms with Crippen molar-refractivity contribution in [3.8, 4) is 0 Å². The van der Waals surface area contributed by atoms with Gasteiger partial charge >= 0.3 is 0 Å². The molecule has 0 radical (unpaired) electrons. The second-order valence-electron chi connectivity index (χ2n) is 5.35. The number of ether oxygens (including phenoxy) is 1. The Bertz CT molecular complexity index is 448. The van der Waals surface area contributed by atoms with Crippen molar-refractivity contribution in [1.82, 2.24) is 10.2 Å². The summed E-state index contributed by atoms with van der Waals surface area (Å²) in [5, 5.41) is 2.97. The Morgan fingerprint density at radius 2 is 2.25 bits per heavy atom. The van der Waals surface area contributed by atoms with Gasteiger partial charge in [-0.2, -0.15) is 0 Å². The average molecular weight is 276 g/mol. The summed E-state index contributed by atoms with van der Waals surface area (Å²) in [5.41, 5.74) is 2.68. The van der Waals surface area contributed by atoms with E-state index >= 15 is 0 Å². The number of rotatable bonds is 6. The largest absolute Gasteiger partial charge is 0.385 e. The van der Waals surface area contributed by atoms with Crippen LogP contribution in [0.3, 0.4) is 0 Å². The van der Waals surface area contributed by atoms with E-state index in [4.69, 9.17) is 4.74 Å². The van der Waals surface area contributed by atoms with E-state index in [1.165, 1.54) is 11.1 Å². The number of carbonyl (C=O) groups is 1. The summed E-state index contributed by atoms with van der Waals surface area (Å²) in [6, 6.07) is 8.65. The third-order valence-corrected chi connectivity index (χ3v) is 3.91. The molecule has 1 aromatic rings. The maximum Gasteiger partial charge on any atom is 0.221 e. The van der Waals surface area contributed by atoms with Crippen molar-refractivity contribution in [3.63, 3.8) is 0 Å². The first-order chi connectivity index (χ1) is 9.72. The first-order valence-corrected chi connectivity index (χ1v) is 7.26. The number of fused-ring (bicyclic) bond motifs is 1. The first kappa shape index (κ1) is 15.0. The summed E-state index contributed by atoms with van der Waals surface area (Å²) < 4.78 is 4.98. The van der Waals surface area contributed by atoms with Crippen LogP contribution in [0.2, 0.25) is 0 Å². The van der Waals surface area contributed by atoms with Gasteiger partial charge in [-0.05, 0) is 31.0 Å². The molecular weight excluding hydrogens is 252 g/mol. The highest BCUT2D eigenvalue weighted by Gasteiger charge is 2.26. The fraction of sp³-hybridized carbons (Fsp3) is 0.562. The van der Waals surface area contributed by atoms with Gasteiger partial charge in [-0.25, -0.2) is 0 Å². The minimum Gasteiger partial charge on any atom is -0.385 e. The number of carbonyl (C=O) groups excluding carboxylic acids is 1. The van der Waals surface area contributed by atoms with Crippen molar-refractivity contribution in [2.24, 2.45) is 0 Å². The zero-order chi connectivity index (χ0) is 14.4. The Kier molecular flexibility index (Phi) is 5.56. The number of nitrogens with one attached hydrogen (secondary N) is 1. The number of benzene rings is 1. The number of methoxy groups -OCH3 is 1. The summed E-state index contributed by atoms with van der Waals surface area (Å²) in [7, 11) is 3.77. The zero-order valence-corrected chi connectivity index (χ0v) is 12.4. The van der Waals surface area contributed by atoms with Crippen LogP contribution in [-0.4, -0.2) is 44.7 Å². The molecule has 0 spiro atoms. The van der Waals surface area contributed by atoms with E-state index in [2.05, 4.69) is 41.5 Å². The van der Waals surface area contributed by atoms with E-state index in [1.807, 2.05) is 0 Å². The third kappa shape index (κ3) is 3.81. The molecule has 0 fully saturated rings. The molecule has 1 unspecified atom stereocenters. The molecule has 4 nitrogen and oxygen atoms in total. The predicted molar refractivity (Wildman–Crippen MR) is 79.6 cm³/mol. The lowest BCUT2D eigenvalue weighted by Gasteiger charge is -2.34. The van der Waals surface area contributed by atoms with Crippen molar-refractivity contribution in [1.29, 1.82) is 0 Å². The molecule has 0 aliphatic carbocycles. The molecule has 0 saturated heterocycles. The Morgan fingerprint density at radius 1 is 1.45 bits per heavy atom. The van der Waals surface area contributed by atoms with Gasteiger partial charge in [0.1, 0.15) is 0 Å². The maximum absolute atomic E-state index is 12.1. The number of likely N-dealkylation sites (N-methyl/N-ethyl adjacent to an activating group) is 1. The monoisotopic (exact) mass is 276 g/mol. The van der Waals surface area contributed by atoms with Crippen LogP contribution in [-0.2, 0) is 16.0 Å². The van der Waals surface area contributed by atoms with Crippen LogP contribution < -0.4 is 5.32 Å². The molecule has 1 heterocycles. The van der Waals surface area contributed by atoms with Gasteiger partial charge in [0.25, 0.3) is 0 Å². The van der Waals surface area contributed by atoms with Gasteiger partial charge in [-0.3, -0.25) is 9.69 Å². The molecule has 1 amide bonds. The van der Waals surface area contributed by atoms with Crippen molar-refractivity contribution in [2.75, 3.05) is 33.9 Å². The topological polar surface area (TPSA) is 41.6 Å². The van der Waals surface area contributed by atoms with Crippen LogP contribution >= 0.6 is 0 Å². The van der Waals surface area contributed by atoms with Gasteiger partial charge in [0.05, 0.1) is 0 Å². The molecule has 0 bridgehead atoms. The van der Waals surface area contributed by atoms with Gasteiger partial charge in [0.2, 0.25) is 5.91 Å². The summed E-state index contributed by atoms with van der Waals surface area (Å²) in [4.78, 5) is 14.3. The summed E-state index contributed by atoms with van der Waals surface area (Å²) >= 11 is 0. The minimum atomic E-state index is 0.120. The SMILES string of the molecule is COCCCNC(=O)CC1c2ccccc2CCN1C. The molecule has 1 atom stereocenters.